The van der Waals surface area contributed by atoms with E-state index in [1.807, 2.05) is 0 Å². The van der Waals surface area contributed by atoms with E-state index in [0.29, 0.717) is 23.8 Å². The fourth-order valence-corrected chi connectivity index (χ4v) is 6.40. The number of anilines is 1. The number of aliphatic hydroxyl groups is 1. The van der Waals surface area contributed by atoms with E-state index >= 15 is 0 Å². The molecule has 1 amide bonds. The van der Waals surface area contributed by atoms with Gasteiger partial charge in [-0.25, -0.2) is 0 Å². The van der Waals surface area contributed by atoms with Gasteiger partial charge in [0, 0.05) is 6.07 Å². The molecule has 8 nitrogen and oxygen atoms in total. The van der Waals surface area contributed by atoms with Gasteiger partial charge in [0.2, 0.25) is 0 Å². The van der Waals surface area contributed by atoms with E-state index in [1.54, 1.807) is 19.9 Å². The smallest absolute Gasteiger partial charge is 0.306 e. The number of hydrogen-bond acceptors (Lipinski definition) is 6. The van der Waals surface area contributed by atoms with E-state index in [1.165, 1.54) is 6.07 Å². The first-order valence-electron chi connectivity index (χ1n) is 10.5. The zero-order chi connectivity index (χ0) is 21.7. The molecule has 2 unspecified atom stereocenters. The van der Waals surface area contributed by atoms with E-state index in [9.17, 15) is 24.8 Å². The van der Waals surface area contributed by atoms with Gasteiger partial charge in [0.05, 0.1) is 16.9 Å². The van der Waals surface area contributed by atoms with E-state index in [2.05, 4.69) is 5.32 Å². The predicted octanol–water partition coefficient (Wildman–Crippen LogP) is 3.41. The highest BCUT2D eigenvalue weighted by Crippen LogP contribution is 2.62. The Kier molecular flexibility index (Phi) is 5.08. The monoisotopic (exact) mass is 416 g/mol. The van der Waals surface area contributed by atoms with Crippen LogP contribution in [0, 0.1) is 41.2 Å². The molecule has 8 heteroatoms. The molecule has 4 saturated carbocycles. The molecule has 4 aliphatic carbocycles. The molecule has 4 fully saturated rings. The van der Waals surface area contributed by atoms with Gasteiger partial charge >= 0.3 is 5.97 Å². The number of carbonyl (C=O) groups excluding carboxylic acids is 2. The van der Waals surface area contributed by atoms with Crippen molar-refractivity contribution in [3.8, 4) is 0 Å². The van der Waals surface area contributed by atoms with Gasteiger partial charge in [-0.05, 0) is 80.8 Å². The Hall–Kier alpha value is -2.48. The Labute approximate surface area is 175 Å². The van der Waals surface area contributed by atoms with E-state index < -0.39 is 29.0 Å². The van der Waals surface area contributed by atoms with Gasteiger partial charge in [-0.1, -0.05) is 6.07 Å². The van der Waals surface area contributed by atoms with Gasteiger partial charge in [0.15, 0.2) is 6.61 Å². The summed E-state index contributed by atoms with van der Waals surface area (Å²) in [7, 11) is 0. The van der Waals surface area contributed by atoms with Crippen LogP contribution in [0.25, 0.3) is 0 Å². The van der Waals surface area contributed by atoms with E-state index in [-0.39, 0.29) is 23.2 Å². The lowest BCUT2D eigenvalue weighted by atomic mass is 9.47. The summed E-state index contributed by atoms with van der Waals surface area (Å²) in [5, 5.41) is 24.6. The van der Waals surface area contributed by atoms with Crippen molar-refractivity contribution < 1.29 is 24.4 Å². The number of amides is 1. The number of carbonyl (C=O) groups is 2. The third kappa shape index (κ3) is 3.93. The Morgan fingerprint density at radius 3 is 2.50 bits per heavy atom. The minimum Gasteiger partial charge on any atom is -0.456 e. The summed E-state index contributed by atoms with van der Waals surface area (Å²) in [6.07, 6.45) is 5.50. The molecule has 4 aliphatic rings. The zero-order valence-electron chi connectivity index (χ0n) is 17.4. The average Bonchev–Trinajstić information content (AvgIpc) is 2.61. The Morgan fingerprint density at radius 2 is 1.90 bits per heavy atom. The second-order valence-corrected chi connectivity index (χ2v) is 9.73. The summed E-state index contributed by atoms with van der Waals surface area (Å²) in [4.78, 5) is 35.5. The Bertz CT molecular complexity index is 897. The molecular weight excluding hydrogens is 388 g/mol. The van der Waals surface area contributed by atoms with Crippen LogP contribution in [0.15, 0.2) is 12.1 Å². The Morgan fingerprint density at radius 1 is 1.23 bits per heavy atom. The van der Waals surface area contributed by atoms with Crippen molar-refractivity contribution in [1.82, 2.24) is 0 Å². The van der Waals surface area contributed by atoms with Crippen molar-refractivity contribution in [3.05, 3.63) is 33.4 Å². The molecule has 4 bridgehead atoms. The lowest BCUT2D eigenvalue weighted by Crippen LogP contribution is -2.56. The van der Waals surface area contributed by atoms with E-state index in [0.717, 1.165) is 37.7 Å². The standard InChI is InChI=1S/C22H28N2O6/c1-13-3-4-17(24(28)29)20(14(13)2)23-18(25)11-30-19(26)10-21-6-15-5-16(7-21)9-22(27,8-15)12-21/h3-4,15-16,27H,5-12H2,1-2H3,(H,23,25)/t15-,16+,21?,22?. The largest absolute Gasteiger partial charge is 0.456 e. The van der Waals surface area contributed by atoms with Crippen LogP contribution < -0.4 is 5.32 Å². The number of nitro benzene ring substituents is 1. The van der Waals surface area contributed by atoms with Crippen molar-refractivity contribution in [2.75, 3.05) is 11.9 Å². The van der Waals surface area contributed by atoms with Crippen LogP contribution in [0.2, 0.25) is 0 Å². The van der Waals surface area contributed by atoms with Crippen LogP contribution >= 0.6 is 0 Å². The zero-order valence-corrected chi connectivity index (χ0v) is 17.4. The van der Waals surface area contributed by atoms with Crippen LogP contribution in [0.1, 0.15) is 56.1 Å². The van der Waals surface area contributed by atoms with Gasteiger partial charge in [0.1, 0.15) is 5.69 Å². The fraction of sp³-hybridized carbons (Fsp3) is 0.636. The van der Waals surface area contributed by atoms with Crippen molar-refractivity contribution in [2.24, 2.45) is 17.3 Å². The molecule has 0 aromatic heterocycles. The number of rotatable bonds is 6. The number of nitrogens with zero attached hydrogens (tertiary/aromatic N) is 1. The normalized spacial score (nSPS) is 31.4. The fourth-order valence-electron chi connectivity index (χ4n) is 6.40. The second-order valence-electron chi connectivity index (χ2n) is 9.73. The average molecular weight is 416 g/mol. The molecule has 0 aliphatic heterocycles. The lowest BCUT2D eigenvalue weighted by Gasteiger charge is -2.60. The summed E-state index contributed by atoms with van der Waals surface area (Å²) in [6.45, 7) is 3.01. The minimum atomic E-state index is -0.649. The maximum Gasteiger partial charge on any atom is 0.306 e. The third-order valence-electron chi connectivity index (χ3n) is 7.21. The molecule has 162 valence electrons. The first kappa shape index (κ1) is 20.8. The van der Waals surface area contributed by atoms with Crippen molar-refractivity contribution in [1.29, 1.82) is 0 Å². The summed E-state index contributed by atoms with van der Waals surface area (Å²) < 4.78 is 5.22. The quantitative estimate of drug-likeness (QED) is 0.417. The van der Waals surface area contributed by atoms with Crippen LogP contribution in [0.4, 0.5) is 11.4 Å². The second kappa shape index (κ2) is 7.34. The highest BCUT2D eigenvalue weighted by atomic mass is 16.6. The number of benzene rings is 1. The summed E-state index contributed by atoms with van der Waals surface area (Å²) in [5.41, 5.74) is 0.476. The molecule has 0 radical (unpaired) electrons. The first-order chi connectivity index (χ1) is 14.1. The van der Waals surface area contributed by atoms with E-state index in [4.69, 9.17) is 4.74 Å². The first-order valence-corrected chi connectivity index (χ1v) is 10.5. The Balaban J connectivity index is 1.36. The number of aryl methyl sites for hydroxylation is 1. The van der Waals surface area contributed by atoms with Gasteiger partial charge in [0.25, 0.3) is 11.6 Å². The number of hydrogen-bond donors (Lipinski definition) is 2. The minimum absolute atomic E-state index is 0.129. The molecule has 30 heavy (non-hydrogen) atoms. The summed E-state index contributed by atoms with van der Waals surface area (Å²) in [5.74, 6) is -0.121. The number of nitrogens with one attached hydrogen (secondary N) is 1. The summed E-state index contributed by atoms with van der Waals surface area (Å²) >= 11 is 0. The summed E-state index contributed by atoms with van der Waals surface area (Å²) in [6, 6.07) is 2.98. The lowest BCUT2D eigenvalue weighted by molar-refractivity contribution is -0.384. The van der Waals surface area contributed by atoms with Crippen molar-refractivity contribution >= 4 is 23.3 Å². The van der Waals surface area contributed by atoms with Gasteiger partial charge < -0.3 is 15.2 Å². The predicted molar refractivity (Wildman–Crippen MR) is 109 cm³/mol. The van der Waals surface area contributed by atoms with Crippen LogP contribution in [0.5, 0.6) is 0 Å². The van der Waals surface area contributed by atoms with Crippen molar-refractivity contribution in [2.45, 2.75) is 64.4 Å². The molecule has 0 saturated heterocycles. The van der Waals surface area contributed by atoms with Gasteiger partial charge in [-0.2, -0.15) is 0 Å². The molecule has 5 rings (SSSR count). The third-order valence-corrected chi connectivity index (χ3v) is 7.21. The van der Waals surface area contributed by atoms with Gasteiger partial charge in [-0.15, -0.1) is 0 Å². The number of nitro groups is 1. The molecule has 0 spiro atoms. The molecule has 1 aromatic carbocycles. The van der Waals surface area contributed by atoms with Crippen LogP contribution in [-0.2, 0) is 14.3 Å². The van der Waals surface area contributed by atoms with Crippen LogP contribution in [-0.4, -0.2) is 34.1 Å². The maximum atomic E-state index is 12.5. The highest BCUT2D eigenvalue weighted by molar-refractivity contribution is 5.96. The molecule has 1 aromatic rings. The molecule has 0 heterocycles. The molecular formula is C22H28N2O6. The number of esters is 1. The van der Waals surface area contributed by atoms with Crippen LogP contribution in [0.3, 0.4) is 0 Å². The molecule has 2 N–H and O–H groups in total. The topological polar surface area (TPSA) is 119 Å². The SMILES string of the molecule is Cc1ccc([N+](=O)[O-])c(NC(=O)COC(=O)CC23C[C@@H]4C[C@@H](CC(O)(C4)C2)C3)c1C. The van der Waals surface area contributed by atoms with Gasteiger partial charge in [-0.3, -0.25) is 19.7 Å². The number of ether oxygens (including phenoxy) is 1. The molecule has 4 atom stereocenters. The van der Waals surface area contributed by atoms with Crippen molar-refractivity contribution in [3.63, 3.8) is 0 Å². The maximum absolute atomic E-state index is 12.5. The highest BCUT2D eigenvalue weighted by Gasteiger charge is 2.57.